The van der Waals surface area contributed by atoms with E-state index in [2.05, 4.69) is 12.4 Å². The zero-order valence-electron chi connectivity index (χ0n) is 7.92. The van der Waals surface area contributed by atoms with E-state index in [1.165, 1.54) is 0 Å². The summed E-state index contributed by atoms with van der Waals surface area (Å²) in [5.41, 5.74) is 2.14. The van der Waals surface area contributed by atoms with Crippen LogP contribution in [0.15, 0.2) is 0 Å². The number of nitrogens with one attached hydrogen (secondary N) is 1. The third-order valence-corrected chi connectivity index (χ3v) is 2.18. The molecule has 0 spiro atoms. The predicted octanol–water partition coefficient (Wildman–Crippen LogP) is 1.61. The molecule has 0 aliphatic rings. The molecule has 0 radical (unpaired) electrons. The van der Waals surface area contributed by atoms with Crippen LogP contribution in [0.3, 0.4) is 0 Å². The monoisotopic (exact) mass is 173 g/mol. The molecule has 0 aromatic heterocycles. The van der Waals surface area contributed by atoms with Crippen molar-refractivity contribution >= 4 is 6.29 Å². The minimum atomic E-state index is 0.147. The van der Waals surface area contributed by atoms with Gasteiger partial charge in [-0.2, -0.15) is 0 Å². The standard InChI is InChI=1S/C9H19NO2/c1-3-9(4-5-10-12)6-8(2)7-11/h7-10,12H,3-6H2,1-2H3. The van der Waals surface area contributed by atoms with Gasteiger partial charge in [0.2, 0.25) is 0 Å². The van der Waals surface area contributed by atoms with Crippen molar-refractivity contribution in [3.05, 3.63) is 0 Å². The van der Waals surface area contributed by atoms with Crippen molar-refractivity contribution in [2.45, 2.75) is 33.1 Å². The van der Waals surface area contributed by atoms with Gasteiger partial charge in [0, 0.05) is 12.5 Å². The Kier molecular flexibility index (Phi) is 7.00. The zero-order chi connectivity index (χ0) is 9.40. The summed E-state index contributed by atoms with van der Waals surface area (Å²) in [6.07, 6.45) is 3.93. The number of hydrogen-bond acceptors (Lipinski definition) is 3. The summed E-state index contributed by atoms with van der Waals surface area (Å²) < 4.78 is 0. The molecule has 0 saturated carbocycles. The van der Waals surface area contributed by atoms with E-state index in [0.717, 1.165) is 25.5 Å². The van der Waals surface area contributed by atoms with Crippen molar-refractivity contribution in [1.29, 1.82) is 0 Å². The molecule has 2 atom stereocenters. The third-order valence-electron chi connectivity index (χ3n) is 2.18. The Morgan fingerprint density at radius 2 is 2.25 bits per heavy atom. The molecule has 0 aliphatic heterocycles. The van der Waals surface area contributed by atoms with E-state index >= 15 is 0 Å². The molecular formula is C9H19NO2. The van der Waals surface area contributed by atoms with E-state index in [-0.39, 0.29) is 5.92 Å². The molecule has 0 bridgehead atoms. The molecule has 0 fully saturated rings. The SMILES string of the molecule is CCC(CCNO)CC(C)C=O. The Bertz CT molecular complexity index is 117. The molecule has 3 heteroatoms. The first-order valence-electron chi connectivity index (χ1n) is 4.56. The first-order valence-corrected chi connectivity index (χ1v) is 4.56. The van der Waals surface area contributed by atoms with Gasteiger partial charge in [-0.15, -0.1) is 0 Å². The Morgan fingerprint density at radius 1 is 1.58 bits per heavy atom. The lowest BCUT2D eigenvalue weighted by Gasteiger charge is -2.15. The molecule has 0 heterocycles. The maximum Gasteiger partial charge on any atom is 0.122 e. The Labute approximate surface area is 74.1 Å². The van der Waals surface area contributed by atoms with E-state index < -0.39 is 0 Å². The smallest absolute Gasteiger partial charge is 0.122 e. The quantitative estimate of drug-likeness (QED) is 0.454. The van der Waals surface area contributed by atoms with Crippen LogP contribution in [0, 0.1) is 11.8 Å². The van der Waals surface area contributed by atoms with Gasteiger partial charge in [0.15, 0.2) is 0 Å². The number of hydroxylamine groups is 1. The van der Waals surface area contributed by atoms with Gasteiger partial charge in [-0.05, 0) is 18.8 Å². The maximum atomic E-state index is 10.4. The van der Waals surface area contributed by atoms with Crippen molar-refractivity contribution in [1.82, 2.24) is 5.48 Å². The molecule has 0 aliphatic carbocycles. The lowest BCUT2D eigenvalue weighted by atomic mass is 9.92. The van der Waals surface area contributed by atoms with E-state index in [0.29, 0.717) is 12.5 Å². The number of carbonyl (C=O) groups is 1. The van der Waals surface area contributed by atoms with Crippen molar-refractivity contribution in [3.63, 3.8) is 0 Å². The van der Waals surface area contributed by atoms with Crippen LogP contribution in [-0.2, 0) is 4.79 Å². The molecule has 0 rings (SSSR count). The van der Waals surface area contributed by atoms with E-state index in [9.17, 15) is 4.79 Å². The van der Waals surface area contributed by atoms with Crippen molar-refractivity contribution in [3.8, 4) is 0 Å². The molecule has 0 aromatic carbocycles. The summed E-state index contributed by atoms with van der Waals surface area (Å²) in [6, 6.07) is 0. The summed E-state index contributed by atoms with van der Waals surface area (Å²) in [6.45, 7) is 4.66. The predicted molar refractivity (Wildman–Crippen MR) is 48.0 cm³/mol. The largest absolute Gasteiger partial charge is 0.317 e. The van der Waals surface area contributed by atoms with Gasteiger partial charge in [-0.25, -0.2) is 5.48 Å². The van der Waals surface area contributed by atoms with Gasteiger partial charge >= 0.3 is 0 Å². The number of hydrogen-bond donors (Lipinski definition) is 2. The average molecular weight is 173 g/mol. The normalized spacial score (nSPS) is 15.6. The summed E-state index contributed by atoms with van der Waals surface area (Å²) in [5, 5.41) is 8.38. The van der Waals surface area contributed by atoms with E-state index in [1.54, 1.807) is 0 Å². The third kappa shape index (κ3) is 5.27. The lowest BCUT2D eigenvalue weighted by molar-refractivity contribution is -0.111. The molecule has 2 unspecified atom stereocenters. The van der Waals surface area contributed by atoms with Gasteiger partial charge in [0.25, 0.3) is 0 Å². The summed E-state index contributed by atoms with van der Waals surface area (Å²) >= 11 is 0. The molecule has 3 nitrogen and oxygen atoms in total. The molecule has 0 amide bonds. The number of rotatable bonds is 7. The van der Waals surface area contributed by atoms with Gasteiger partial charge in [-0.1, -0.05) is 20.3 Å². The van der Waals surface area contributed by atoms with Crippen molar-refractivity contribution in [2.75, 3.05) is 6.54 Å². The highest BCUT2D eigenvalue weighted by Crippen LogP contribution is 2.17. The first kappa shape index (κ1) is 11.6. The van der Waals surface area contributed by atoms with Crippen LogP contribution in [-0.4, -0.2) is 18.0 Å². The van der Waals surface area contributed by atoms with Gasteiger partial charge in [0.1, 0.15) is 6.29 Å². The van der Waals surface area contributed by atoms with Crippen molar-refractivity contribution in [2.24, 2.45) is 11.8 Å². The first-order chi connectivity index (χ1) is 5.74. The highest BCUT2D eigenvalue weighted by Gasteiger charge is 2.10. The van der Waals surface area contributed by atoms with E-state index in [1.807, 2.05) is 6.92 Å². The fourth-order valence-electron chi connectivity index (χ4n) is 1.34. The lowest BCUT2D eigenvalue weighted by Crippen LogP contribution is -2.15. The molecule has 0 saturated heterocycles. The maximum absolute atomic E-state index is 10.4. The minimum Gasteiger partial charge on any atom is -0.317 e. The Hall–Kier alpha value is -0.410. The van der Waals surface area contributed by atoms with Crippen LogP contribution in [0.5, 0.6) is 0 Å². The number of carbonyl (C=O) groups excluding carboxylic acids is 1. The molecule has 0 aromatic rings. The summed E-state index contributed by atoms with van der Waals surface area (Å²) in [4.78, 5) is 10.4. The second-order valence-corrected chi connectivity index (χ2v) is 3.32. The average Bonchev–Trinajstić information content (AvgIpc) is 2.11. The molecule has 12 heavy (non-hydrogen) atoms. The molecular weight excluding hydrogens is 154 g/mol. The zero-order valence-corrected chi connectivity index (χ0v) is 7.92. The number of aldehydes is 1. The van der Waals surface area contributed by atoms with Crippen LogP contribution < -0.4 is 5.48 Å². The topological polar surface area (TPSA) is 49.3 Å². The van der Waals surface area contributed by atoms with Crippen LogP contribution in [0.1, 0.15) is 33.1 Å². The van der Waals surface area contributed by atoms with Crippen LogP contribution in [0.2, 0.25) is 0 Å². The Balaban J connectivity index is 3.58. The molecule has 2 N–H and O–H groups in total. The van der Waals surface area contributed by atoms with Crippen LogP contribution >= 0.6 is 0 Å². The van der Waals surface area contributed by atoms with Crippen LogP contribution in [0.4, 0.5) is 0 Å². The fourth-order valence-corrected chi connectivity index (χ4v) is 1.34. The second-order valence-electron chi connectivity index (χ2n) is 3.32. The second kappa shape index (κ2) is 7.25. The summed E-state index contributed by atoms with van der Waals surface area (Å²) in [5.74, 6) is 0.693. The minimum absolute atomic E-state index is 0.147. The van der Waals surface area contributed by atoms with Gasteiger partial charge in [-0.3, -0.25) is 0 Å². The fraction of sp³-hybridized carbons (Fsp3) is 0.889. The highest BCUT2D eigenvalue weighted by molar-refractivity contribution is 5.52. The summed E-state index contributed by atoms with van der Waals surface area (Å²) in [7, 11) is 0. The molecule has 72 valence electrons. The van der Waals surface area contributed by atoms with Gasteiger partial charge < -0.3 is 10.0 Å². The van der Waals surface area contributed by atoms with Crippen LogP contribution in [0.25, 0.3) is 0 Å². The van der Waals surface area contributed by atoms with Crippen molar-refractivity contribution < 1.29 is 10.0 Å². The van der Waals surface area contributed by atoms with E-state index in [4.69, 9.17) is 5.21 Å². The van der Waals surface area contributed by atoms with Gasteiger partial charge in [0.05, 0.1) is 0 Å². The Morgan fingerprint density at radius 3 is 2.67 bits per heavy atom. The highest BCUT2D eigenvalue weighted by atomic mass is 16.5.